The third kappa shape index (κ3) is 1.23. The standard InChI is InChI=1S/C11H12N2/c12-5-3-10-8-1-2-9(7-8)11(10)4-6-13/h1-2,8-11H,3-4,7H2. The molecule has 1 saturated carbocycles. The van der Waals surface area contributed by atoms with Crippen LogP contribution in [-0.2, 0) is 0 Å². The number of allylic oxidation sites excluding steroid dienone is 2. The highest BCUT2D eigenvalue weighted by molar-refractivity contribution is 5.15. The van der Waals surface area contributed by atoms with Crippen LogP contribution in [-0.4, -0.2) is 0 Å². The van der Waals surface area contributed by atoms with Crippen LogP contribution < -0.4 is 0 Å². The first-order valence-electron chi connectivity index (χ1n) is 4.79. The van der Waals surface area contributed by atoms with Gasteiger partial charge in [0, 0.05) is 12.8 Å². The van der Waals surface area contributed by atoms with E-state index in [4.69, 9.17) is 10.5 Å². The topological polar surface area (TPSA) is 47.6 Å². The molecule has 0 heterocycles. The number of hydrogen-bond acceptors (Lipinski definition) is 2. The Labute approximate surface area is 78.5 Å². The molecule has 2 aliphatic rings. The maximum atomic E-state index is 8.68. The van der Waals surface area contributed by atoms with Crippen molar-refractivity contribution in [2.24, 2.45) is 23.7 Å². The molecule has 13 heavy (non-hydrogen) atoms. The lowest BCUT2D eigenvalue weighted by Crippen LogP contribution is -2.18. The zero-order valence-corrected chi connectivity index (χ0v) is 7.48. The van der Waals surface area contributed by atoms with Crippen LogP contribution in [0.3, 0.4) is 0 Å². The van der Waals surface area contributed by atoms with E-state index in [-0.39, 0.29) is 0 Å². The van der Waals surface area contributed by atoms with Crippen molar-refractivity contribution in [1.82, 2.24) is 0 Å². The third-order valence-corrected chi connectivity index (χ3v) is 3.45. The van der Waals surface area contributed by atoms with E-state index in [9.17, 15) is 0 Å². The van der Waals surface area contributed by atoms with Crippen LogP contribution in [0, 0.1) is 46.3 Å². The number of fused-ring (bicyclic) bond motifs is 2. The van der Waals surface area contributed by atoms with Gasteiger partial charge in [-0.1, -0.05) is 12.2 Å². The van der Waals surface area contributed by atoms with Gasteiger partial charge in [-0.25, -0.2) is 0 Å². The highest BCUT2D eigenvalue weighted by Gasteiger charge is 2.43. The summed E-state index contributed by atoms with van der Waals surface area (Å²) >= 11 is 0. The molecule has 2 nitrogen and oxygen atoms in total. The van der Waals surface area contributed by atoms with E-state index in [2.05, 4.69) is 24.3 Å². The van der Waals surface area contributed by atoms with Gasteiger partial charge in [0.05, 0.1) is 12.1 Å². The van der Waals surface area contributed by atoms with Crippen molar-refractivity contribution in [2.75, 3.05) is 0 Å². The molecule has 4 atom stereocenters. The van der Waals surface area contributed by atoms with E-state index in [1.165, 1.54) is 6.42 Å². The smallest absolute Gasteiger partial charge is 0.0625 e. The Kier molecular flexibility index (Phi) is 2.07. The Morgan fingerprint density at radius 1 is 1.00 bits per heavy atom. The van der Waals surface area contributed by atoms with E-state index in [0.717, 1.165) is 0 Å². The van der Waals surface area contributed by atoms with Crippen LogP contribution in [0.5, 0.6) is 0 Å². The summed E-state index contributed by atoms with van der Waals surface area (Å²) in [7, 11) is 0. The molecule has 0 aliphatic heterocycles. The van der Waals surface area contributed by atoms with Crippen LogP contribution >= 0.6 is 0 Å². The lowest BCUT2D eigenvalue weighted by Gasteiger charge is -2.23. The molecule has 1 fully saturated rings. The first-order valence-corrected chi connectivity index (χ1v) is 4.79. The zero-order chi connectivity index (χ0) is 9.26. The molecule has 0 saturated heterocycles. The van der Waals surface area contributed by atoms with Crippen molar-refractivity contribution in [2.45, 2.75) is 19.3 Å². The Bertz CT molecular complexity index is 275. The second-order valence-electron chi connectivity index (χ2n) is 4.00. The Morgan fingerprint density at radius 2 is 1.46 bits per heavy atom. The molecule has 66 valence electrons. The van der Waals surface area contributed by atoms with Crippen molar-refractivity contribution >= 4 is 0 Å². The fourth-order valence-electron chi connectivity index (χ4n) is 2.84. The number of hydrogen-bond donors (Lipinski definition) is 0. The quantitative estimate of drug-likeness (QED) is 0.600. The van der Waals surface area contributed by atoms with Gasteiger partial charge >= 0.3 is 0 Å². The maximum Gasteiger partial charge on any atom is 0.0625 e. The van der Waals surface area contributed by atoms with Crippen LogP contribution in [0.15, 0.2) is 12.2 Å². The second-order valence-corrected chi connectivity index (χ2v) is 4.00. The Hall–Kier alpha value is -1.28. The molecule has 0 spiro atoms. The van der Waals surface area contributed by atoms with Crippen LogP contribution in [0.1, 0.15) is 19.3 Å². The predicted molar refractivity (Wildman–Crippen MR) is 48.2 cm³/mol. The highest BCUT2D eigenvalue weighted by atomic mass is 14.5. The second kappa shape index (κ2) is 3.23. The van der Waals surface area contributed by atoms with Gasteiger partial charge in [0.2, 0.25) is 0 Å². The number of nitriles is 2. The molecule has 0 aromatic rings. The summed E-state index contributed by atoms with van der Waals surface area (Å²) in [6, 6.07) is 4.48. The third-order valence-electron chi connectivity index (χ3n) is 3.45. The van der Waals surface area contributed by atoms with Crippen molar-refractivity contribution in [3.8, 4) is 12.1 Å². The number of rotatable bonds is 2. The molecule has 4 unspecified atom stereocenters. The lowest BCUT2D eigenvalue weighted by atomic mass is 9.80. The summed E-state index contributed by atoms with van der Waals surface area (Å²) in [6.07, 6.45) is 6.90. The minimum atomic E-state index is 0.458. The summed E-state index contributed by atoms with van der Waals surface area (Å²) in [5.74, 6) is 2.09. The SMILES string of the molecule is N#CCC1C2C=CC(C2)C1CC#N. The molecule has 2 bridgehead atoms. The van der Waals surface area contributed by atoms with Crippen LogP contribution in [0.25, 0.3) is 0 Å². The molecule has 2 rings (SSSR count). The first-order chi connectivity index (χ1) is 6.36. The molecule has 0 aromatic carbocycles. The first kappa shape index (κ1) is 8.32. The van der Waals surface area contributed by atoms with Gasteiger partial charge in [-0.15, -0.1) is 0 Å². The molecule has 0 aromatic heterocycles. The minimum absolute atomic E-state index is 0.458. The molecule has 0 radical (unpaired) electrons. The van der Waals surface area contributed by atoms with E-state index in [1.54, 1.807) is 0 Å². The Morgan fingerprint density at radius 3 is 1.85 bits per heavy atom. The summed E-state index contributed by atoms with van der Waals surface area (Å²) in [5.41, 5.74) is 0. The lowest BCUT2D eigenvalue weighted by molar-refractivity contribution is 0.320. The fourth-order valence-corrected chi connectivity index (χ4v) is 2.84. The normalized spacial score (nSPS) is 40.2. The average molecular weight is 172 g/mol. The zero-order valence-electron chi connectivity index (χ0n) is 7.48. The van der Waals surface area contributed by atoms with Gasteiger partial charge in [-0.3, -0.25) is 0 Å². The van der Waals surface area contributed by atoms with Crippen LogP contribution in [0.4, 0.5) is 0 Å². The predicted octanol–water partition coefficient (Wildman–Crippen LogP) is 2.25. The van der Waals surface area contributed by atoms with E-state index < -0.39 is 0 Å². The average Bonchev–Trinajstić information content (AvgIpc) is 2.69. The van der Waals surface area contributed by atoms with Gasteiger partial charge in [0.1, 0.15) is 0 Å². The minimum Gasteiger partial charge on any atom is -0.198 e. The largest absolute Gasteiger partial charge is 0.198 e. The summed E-state index contributed by atoms with van der Waals surface area (Å²) in [6.45, 7) is 0. The van der Waals surface area contributed by atoms with Crippen molar-refractivity contribution in [3.63, 3.8) is 0 Å². The summed E-state index contributed by atoms with van der Waals surface area (Å²) in [4.78, 5) is 0. The van der Waals surface area contributed by atoms with Gasteiger partial charge in [-0.2, -0.15) is 10.5 Å². The maximum absolute atomic E-state index is 8.68. The summed E-state index contributed by atoms with van der Waals surface area (Å²) < 4.78 is 0. The van der Waals surface area contributed by atoms with E-state index >= 15 is 0 Å². The van der Waals surface area contributed by atoms with Crippen molar-refractivity contribution in [3.05, 3.63) is 12.2 Å². The molecule has 2 aliphatic carbocycles. The molecule has 0 amide bonds. The highest BCUT2D eigenvalue weighted by Crippen LogP contribution is 2.50. The summed E-state index contributed by atoms with van der Waals surface area (Å²) in [5, 5.41) is 17.4. The number of nitrogens with zero attached hydrogens (tertiary/aromatic N) is 2. The van der Waals surface area contributed by atoms with Gasteiger partial charge < -0.3 is 0 Å². The van der Waals surface area contributed by atoms with Gasteiger partial charge in [0.25, 0.3) is 0 Å². The van der Waals surface area contributed by atoms with E-state index in [1.807, 2.05) is 0 Å². The fraction of sp³-hybridized carbons (Fsp3) is 0.636. The Balaban J connectivity index is 2.13. The monoisotopic (exact) mass is 172 g/mol. The molecular weight excluding hydrogens is 160 g/mol. The van der Waals surface area contributed by atoms with Crippen molar-refractivity contribution < 1.29 is 0 Å². The molecule has 0 N–H and O–H groups in total. The van der Waals surface area contributed by atoms with Crippen LogP contribution in [0.2, 0.25) is 0 Å². The van der Waals surface area contributed by atoms with Crippen molar-refractivity contribution in [1.29, 1.82) is 10.5 Å². The van der Waals surface area contributed by atoms with Gasteiger partial charge in [-0.05, 0) is 30.1 Å². The molecular formula is C11H12N2. The van der Waals surface area contributed by atoms with Gasteiger partial charge in [0.15, 0.2) is 0 Å². The molecule has 2 heteroatoms. The van der Waals surface area contributed by atoms with E-state index in [0.29, 0.717) is 36.5 Å².